The van der Waals surface area contributed by atoms with Crippen LogP contribution in [-0.2, 0) is 22.9 Å². The minimum Gasteiger partial charge on any atom is -0.355 e. The second-order valence-electron chi connectivity index (χ2n) is 7.74. The van der Waals surface area contributed by atoms with Crippen LogP contribution < -0.4 is 4.72 Å². The van der Waals surface area contributed by atoms with E-state index in [1.165, 1.54) is 12.0 Å². The molecule has 0 saturated heterocycles. The van der Waals surface area contributed by atoms with Crippen molar-refractivity contribution in [3.8, 4) is 11.3 Å². The number of fused-ring (bicyclic) bond motifs is 2. The van der Waals surface area contributed by atoms with Crippen molar-refractivity contribution < 1.29 is 8.42 Å². The molecule has 1 heterocycles. The SMILES string of the molecule is O=S(=O)(Nc1ccc(-c2cc3cc(Cl)ccc3[nH]2)cc1)c1ccc2c(c1)CCCC2. The summed E-state index contributed by atoms with van der Waals surface area (Å²) in [4.78, 5) is 3.68. The fourth-order valence-corrected chi connectivity index (χ4v) is 5.36. The third-order valence-electron chi connectivity index (χ3n) is 5.66. The molecule has 0 saturated carbocycles. The molecule has 4 nitrogen and oxygen atoms in total. The number of halogens is 1. The average Bonchev–Trinajstić information content (AvgIpc) is 3.17. The van der Waals surface area contributed by atoms with Gasteiger partial charge in [0.05, 0.1) is 4.90 Å². The zero-order chi connectivity index (χ0) is 20.7. The van der Waals surface area contributed by atoms with Crippen molar-refractivity contribution in [1.29, 1.82) is 0 Å². The number of nitrogens with one attached hydrogen (secondary N) is 2. The predicted octanol–water partition coefficient (Wildman–Crippen LogP) is 6.17. The highest BCUT2D eigenvalue weighted by Gasteiger charge is 2.18. The summed E-state index contributed by atoms with van der Waals surface area (Å²) >= 11 is 6.07. The van der Waals surface area contributed by atoms with Crippen LogP contribution in [0.15, 0.2) is 71.6 Å². The molecule has 0 bridgehead atoms. The molecule has 3 aromatic carbocycles. The highest BCUT2D eigenvalue weighted by molar-refractivity contribution is 7.92. The topological polar surface area (TPSA) is 62.0 Å². The van der Waals surface area contributed by atoms with Gasteiger partial charge in [-0.1, -0.05) is 29.8 Å². The van der Waals surface area contributed by atoms with Crippen LogP contribution in [0.25, 0.3) is 22.2 Å². The smallest absolute Gasteiger partial charge is 0.261 e. The number of sulfonamides is 1. The molecule has 4 aromatic rings. The Morgan fingerprint density at radius 1 is 0.833 bits per heavy atom. The van der Waals surface area contributed by atoms with E-state index in [-0.39, 0.29) is 0 Å². The molecule has 1 aliphatic rings. The Morgan fingerprint density at radius 3 is 2.40 bits per heavy atom. The van der Waals surface area contributed by atoms with Crippen molar-refractivity contribution in [2.45, 2.75) is 30.6 Å². The van der Waals surface area contributed by atoms with E-state index in [0.717, 1.165) is 47.0 Å². The Labute approximate surface area is 181 Å². The summed E-state index contributed by atoms with van der Waals surface area (Å²) < 4.78 is 28.4. The van der Waals surface area contributed by atoms with Gasteiger partial charge in [-0.25, -0.2) is 8.42 Å². The molecule has 0 amide bonds. The van der Waals surface area contributed by atoms with Crippen molar-refractivity contribution in [1.82, 2.24) is 4.98 Å². The van der Waals surface area contributed by atoms with E-state index in [0.29, 0.717) is 15.6 Å². The van der Waals surface area contributed by atoms with E-state index in [4.69, 9.17) is 11.6 Å². The van der Waals surface area contributed by atoms with Crippen LogP contribution in [-0.4, -0.2) is 13.4 Å². The Bertz CT molecular complexity index is 1340. The lowest BCUT2D eigenvalue weighted by Crippen LogP contribution is -2.14. The summed E-state index contributed by atoms with van der Waals surface area (Å²) in [5.41, 5.74) is 5.89. The molecule has 1 aliphatic carbocycles. The van der Waals surface area contributed by atoms with Gasteiger partial charge in [-0.2, -0.15) is 0 Å². The lowest BCUT2D eigenvalue weighted by Gasteiger charge is -2.17. The molecule has 152 valence electrons. The number of anilines is 1. The number of H-pyrrole nitrogens is 1. The Hall–Kier alpha value is -2.76. The van der Waals surface area contributed by atoms with Crippen LogP contribution in [0.2, 0.25) is 5.02 Å². The van der Waals surface area contributed by atoms with E-state index in [1.54, 1.807) is 18.2 Å². The highest BCUT2D eigenvalue weighted by atomic mass is 35.5. The lowest BCUT2D eigenvalue weighted by atomic mass is 9.92. The molecule has 0 unspecified atom stereocenters. The van der Waals surface area contributed by atoms with Gasteiger partial charge < -0.3 is 4.98 Å². The maximum absolute atomic E-state index is 12.9. The van der Waals surface area contributed by atoms with Crippen molar-refractivity contribution in [3.63, 3.8) is 0 Å². The van der Waals surface area contributed by atoms with Crippen LogP contribution in [0.5, 0.6) is 0 Å². The maximum Gasteiger partial charge on any atom is 0.261 e. The summed E-state index contributed by atoms with van der Waals surface area (Å²) in [5.74, 6) is 0. The molecule has 0 atom stereocenters. The zero-order valence-corrected chi connectivity index (χ0v) is 17.9. The number of benzene rings is 3. The Kier molecular flexibility index (Phi) is 4.80. The van der Waals surface area contributed by atoms with Gasteiger partial charge in [-0.15, -0.1) is 0 Å². The van der Waals surface area contributed by atoms with Crippen LogP contribution >= 0.6 is 11.6 Å². The largest absolute Gasteiger partial charge is 0.355 e. The summed E-state index contributed by atoms with van der Waals surface area (Å²) in [5, 5.41) is 1.73. The van der Waals surface area contributed by atoms with E-state index in [9.17, 15) is 8.42 Å². The molecule has 0 aliphatic heterocycles. The molecule has 1 aromatic heterocycles. The minimum atomic E-state index is -3.62. The van der Waals surface area contributed by atoms with Crippen molar-refractivity contribution in [2.24, 2.45) is 0 Å². The summed E-state index contributed by atoms with van der Waals surface area (Å²) in [6.45, 7) is 0. The van der Waals surface area contributed by atoms with Crippen molar-refractivity contribution in [3.05, 3.63) is 82.9 Å². The fourth-order valence-electron chi connectivity index (χ4n) is 4.07. The third kappa shape index (κ3) is 3.71. The van der Waals surface area contributed by atoms with Gasteiger partial charge in [-0.05, 0) is 90.9 Å². The first kappa shape index (κ1) is 19.2. The first-order valence-corrected chi connectivity index (χ1v) is 11.9. The molecule has 0 radical (unpaired) electrons. The number of aromatic nitrogens is 1. The van der Waals surface area contributed by atoms with E-state index in [2.05, 4.69) is 9.71 Å². The zero-order valence-electron chi connectivity index (χ0n) is 16.3. The standard InChI is InChI=1S/C24H21ClN2O2S/c25-20-8-12-23-19(13-20)15-24(26-23)17-5-9-21(10-6-17)27-30(28,29)22-11-7-16-3-1-2-4-18(16)14-22/h5-15,26-27H,1-4H2. The molecule has 6 heteroatoms. The van der Waals surface area contributed by atoms with Crippen LogP contribution in [0.1, 0.15) is 24.0 Å². The van der Waals surface area contributed by atoms with Crippen LogP contribution in [0.3, 0.4) is 0 Å². The third-order valence-corrected chi connectivity index (χ3v) is 7.28. The first-order chi connectivity index (χ1) is 14.5. The van der Waals surface area contributed by atoms with Gasteiger partial charge in [0.2, 0.25) is 0 Å². The van der Waals surface area contributed by atoms with E-state index >= 15 is 0 Å². The Morgan fingerprint density at radius 2 is 1.60 bits per heavy atom. The van der Waals surface area contributed by atoms with Gasteiger partial charge in [0.15, 0.2) is 0 Å². The van der Waals surface area contributed by atoms with Crippen molar-refractivity contribution >= 4 is 38.2 Å². The molecule has 30 heavy (non-hydrogen) atoms. The van der Waals surface area contributed by atoms with Crippen molar-refractivity contribution in [2.75, 3.05) is 4.72 Å². The molecule has 5 rings (SSSR count). The number of aryl methyl sites for hydroxylation is 2. The predicted molar refractivity (Wildman–Crippen MR) is 123 cm³/mol. The number of aromatic amines is 1. The van der Waals surface area contributed by atoms with E-state index < -0.39 is 10.0 Å². The quantitative estimate of drug-likeness (QED) is 0.402. The summed E-state index contributed by atoms with van der Waals surface area (Å²) in [6, 6.07) is 20.6. The lowest BCUT2D eigenvalue weighted by molar-refractivity contribution is 0.600. The monoisotopic (exact) mass is 436 g/mol. The maximum atomic E-state index is 12.9. The van der Waals surface area contributed by atoms with Gasteiger partial charge >= 0.3 is 0 Å². The second-order valence-corrected chi connectivity index (χ2v) is 9.85. The van der Waals surface area contributed by atoms with E-state index in [1.807, 2.05) is 48.5 Å². The van der Waals surface area contributed by atoms with Gasteiger partial charge in [0.1, 0.15) is 0 Å². The van der Waals surface area contributed by atoms with Gasteiger partial charge in [0, 0.05) is 27.3 Å². The minimum absolute atomic E-state index is 0.319. The molecule has 0 fully saturated rings. The summed E-state index contributed by atoms with van der Waals surface area (Å²) in [7, 11) is -3.62. The van der Waals surface area contributed by atoms with Crippen LogP contribution in [0, 0.1) is 0 Å². The molecule has 2 N–H and O–H groups in total. The normalized spacial score (nSPS) is 13.9. The highest BCUT2D eigenvalue weighted by Crippen LogP contribution is 2.28. The second kappa shape index (κ2) is 7.49. The van der Waals surface area contributed by atoms with Crippen LogP contribution in [0.4, 0.5) is 5.69 Å². The molecular formula is C24H21ClN2O2S. The number of rotatable bonds is 4. The average molecular weight is 437 g/mol. The molecular weight excluding hydrogens is 416 g/mol. The van der Waals surface area contributed by atoms with Gasteiger partial charge in [-0.3, -0.25) is 4.72 Å². The number of hydrogen-bond acceptors (Lipinski definition) is 2. The molecule has 0 spiro atoms. The first-order valence-electron chi connectivity index (χ1n) is 10.0. The number of hydrogen-bond donors (Lipinski definition) is 2. The van der Waals surface area contributed by atoms with Gasteiger partial charge in [0.25, 0.3) is 10.0 Å². The Balaban J connectivity index is 1.38. The fraction of sp³-hybridized carbons (Fsp3) is 0.167. The summed E-state index contributed by atoms with van der Waals surface area (Å²) in [6.07, 6.45) is 4.27.